The molecule has 9 rings (SSSR count). The molecule has 0 bridgehead atoms. The van der Waals surface area contributed by atoms with Crippen LogP contribution in [-0.4, -0.2) is 83.3 Å². The predicted octanol–water partition coefficient (Wildman–Crippen LogP) is 10.0. The number of methoxy groups -OCH3 is 1. The van der Waals surface area contributed by atoms with Crippen LogP contribution >= 0.6 is 23.5 Å². The minimum Gasteiger partial charge on any atom is -0.496 e. The molecule has 0 aliphatic heterocycles. The van der Waals surface area contributed by atoms with Gasteiger partial charge < -0.3 is 20.4 Å². The molecule has 0 saturated carbocycles. The number of hydrogen-bond donors (Lipinski definition) is 3. The number of hydrogen-bond acceptors (Lipinski definition) is 15. The molecule has 3 aromatic carbocycles. The summed E-state index contributed by atoms with van der Waals surface area (Å²) in [6, 6.07) is 29.5. The fourth-order valence-electron chi connectivity index (χ4n) is 6.49. The maximum Gasteiger partial charge on any atom is 0.130 e. The number of pyridine rings is 6. The van der Waals surface area contributed by atoms with E-state index in [1.165, 1.54) is 18.6 Å². The van der Waals surface area contributed by atoms with Gasteiger partial charge in [0.1, 0.15) is 11.3 Å². The van der Waals surface area contributed by atoms with Crippen LogP contribution in [0.15, 0.2) is 135 Å². The molecule has 0 amide bonds. The molecule has 3 N–H and O–H groups in total. The number of oxime groups is 3. The van der Waals surface area contributed by atoms with Crippen molar-refractivity contribution in [2.45, 2.75) is 23.1 Å². The van der Waals surface area contributed by atoms with E-state index >= 15 is 0 Å². The number of benzene rings is 3. The van der Waals surface area contributed by atoms with E-state index < -0.39 is 0 Å². The van der Waals surface area contributed by atoms with Gasteiger partial charge in [-0.25, -0.2) is 15.0 Å². The van der Waals surface area contributed by atoms with E-state index in [1.54, 1.807) is 55.3 Å². The molecular weight excluding hydrogens is 783 g/mol. The van der Waals surface area contributed by atoms with Crippen LogP contribution in [0, 0.1) is 0 Å². The Morgan fingerprint density at radius 1 is 0.559 bits per heavy atom. The van der Waals surface area contributed by atoms with E-state index in [-0.39, 0.29) is 0 Å². The summed E-state index contributed by atoms with van der Waals surface area (Å²) in [5.41, 5.74) is 6.73. The maximum absolute atomic E-state index is 8.78. The van der Waals surface area contributed by atoms with Gasteiger partial charge in [0.2, 0.25) is 0 Å². The summed E-state index contributed by atoms with van der Waals surface area (Å²) in [7, 11) is 1.59. The lowest BCUT2D eigenvalue weighted by Gasteiger charge is -2.09. The highest BCUT2D eigenvalue weighted by molar-refractivity contribution is 7.99. The predicted molar refractivity (Wildman–Crippen MR) is 239 cm³/mol. The number of aromatic nitrogens is 6. The number of thioether (sulfide) groups is 2. The van der Waals surface area contributed by atoms with E-state index in [1.807, 2.05) is 73.0 Å². The van der Waals surface area contributed by atoms with Crippen LogP contribution in [0.25, 0.3) is 65.4 Å². The molecule has 0 saturated heterocycles. The summed E-state index contributed by atoms with van der Waals surface area (Å²) in [4.78, 5) is 29.0. The van der Waals surface area contributed by atoms with E-state index in [0.29, 0.717) is 22.8 Å². The Balaban J connectivity index is 0.000000134. The molecular formula is C44H37N9O4S2. The highest BCUT2D eigenvalue weighted by atomic mass is 32.2. The third-order valence-electron chi connectivity index (χ3n) is 9.07. The van der Waals surface area contributed by atoms with Crippen molar-refractivity contribution in [2.24, 2.45) is 15.5 Å². The first-order chi connectivity index (χ1) is 29.0. The van der Waals surface area contributed by atoms with Crippen LogP contribution in [-0.2, 0) is 0 Å². The second kappa shape index (κ2) is 19.0. The molecule has 0 fully saturated rings. The van der Waals surface area contributed by atoms with Crippen LogP contribution < -0.4 is 4.74 Å². The second-order valence-electron chi connectivity index (χ2n) is 12.7. The van der Waals surface area contributed by atoms with Gasteiger partial charge in [-0.15, -0.1) is 23.5 Å². The van der Waals surface area contributed by atoms with Crippen molar-refractivity contribution in [2.75, 3.05) is 19.1 Å². The van der Waals surface area contributed by atoms with Crippen LogP contribution in [0.4, 0.5) is 0 Å². The summed E-state index contributed by atoms with van der Waals surface area (Å²) in [6.07, 6.45) is 12.3. The average Bonchev–Trinajstić information content (AvgIpc) is 3.28. The normalized spacial score (nSPS) is 11.6. The zero-order chi connectivity index (χ0) is 41.1. The molecule has 0 atom stereocenters. The summed E-state index contributed by atoms with van der Waals surface area (Å²) in [5.74, 6) is 1.71. The first-order valence-electron chi connectivity index (χ1n) is 18.3. The van der Waals surface area contributed by atoms with Crippen molar-refractivity contribution >= 4 is 108 Å². The van der Waals surface area contributed by atoms with Crippen LogP contribution in [0.5, 0.6) is 5.75 Å². The summed E-state index contributed by atoms with van der Waals surface area (Å²) < 4.78 is 5.35. The molecule has 294 valence electrons. The van der Waals surface area contributed by atoms with Gasteiger partial charge in [-0.1, -0.05) is 70.9 Å². The SMILES string of the molecule is CCCSc1cc(C=NO)nc2c1ccc1cccnc12.COc1cc(C=NO)nc2c1ccc1cccnc12.CSc1cc(C=NO)nc2c1ccc1cccnc12. The molecule has 6 heterocycles. The van der Waals surface area contributed by atoms with Gasteiger partial charge in [-0.05, 0) is 54.8 Å². The van der Waals surface area contributed by atoms with E-state index in [4.69, 9.17) is 20.4 Å². The van der Waals surface area contributed by atoms with Crippen molar-refractivity contribution in [3.8, 4) is 5.75 Å². The Bertz CT molecular complexity index is 2900. The fraction of sp³-hybridized carbons (Fsp3) is 0.114. The average molecular weight is 820 g/mol. The smallest absolute Gasteiger partial charge is 0.130 e. The molecule has 0 aliphatic rings. The van der Waals surface area contributed by atoms with Gasteiger partial charge in [0.15, 0.2) is 0 Å². The van der Waals surface area contributed by atoms with E-state index in [9.17, 15) is 0 Å². The van der Waals surface area contributed by atoms with E-state index in [2.05, 4.69) is 70.5 Å². The molecule has 9 aromatic rings. The minimum absolute atomic E-state index is 0.519. The lowest BCUT2D eigenvalue weighted by atomic mass is 10.1. The number of rotatable bonds is 8. The quantitative estimate of drug-likeness (QED) is 0.0434. The van der Waals surface area contributed by atoms with Crippen molar-refractivity contribution < 1.29 is 20.4 Å². The fourth-order valence-corrected chi connectivity index (χ4v) is 8.06. The third-order valence-corrected chi connectivity index (χ3v) is 11.1. The summed E-state index contributed by atoms with van der Waals surface area (Å²) in [5, 5.41) is 41.4. The largest absolute Gasteiger partial charge is 0.496 e. The van der Waals surface area contributed by atoms with Gasteiger partial charge in [0.25, 0.3) is 0 Å². The Morgan fingerprint density at radius 2 is 0.983 bits per heavy atom. The third kappa shape index (κ3) is 8.81. The minimum atomic E-state index is 0.519. The molecule has 15 heteroatoms. The van der Waals surface area contributed by atoms with Crippen LogP contribution in [0.1, 0.15) is 30.4 Å². The maximum atomic E-state index is 8.78. The zero-order valence-corrected chi connectivity index (χ0v) is 33.8. The molecule has 0 unspecified atom stereocenters. The lowest BCUT2D eigenvalue weighted by Crippen LogP contribution is -1.95. The standard InChI is InChI=1S/C16H15N3OS.C14H11N3O2.C14H11N3OS/c1-2-8-21-14-9-12(10-18-20)19-16-13(14)6-5-11-4-3-7-17-15(11)16;2*1-19-12-7-10(8-16-18)17-14-11(12)5-4-9-3-2-6-15-13(9)14/h3-7,9-10,20H,2,8H2,1H3;2*2-8,18H,1H3. The lowest BCUT2D eigenvalue weighted by molar-refractivity contribution is 0.321. The van der Waals surface area contributed by atoms with Crippen molar-refractivity contribution in [1.29, 1.82) is 0 Å². The number of fused-ring (bicyclic) bond motifs is 9. The number of nitrogens with zero attached hydrogens (tertiary/aromatic N) is 9. The first-order valence-corrected chi connectivity index (χ1v) is 20.5. The van der Waals surface area contributed by atoms with Crippen LogP contribution in [0.3, 0.4) is 0 Å². The Hall–Kier alpha value is -6.97. The monoisotopic (exact) mass is 819 g/mol. The highest BCUT2D eigenvalue weighted by Crippen LogP contribution is 2.33. The van der Waals surface area contributed by atoms with Gasteiger partial charge in [-0.3, -0.25) is 15.0 Å². The van der Waals surface area contributed by atoms with Crippen molar-refractivity contribution in [3.05, 3.63) is 127 Å². The zero-order valence-electron chi connectivity index (χ0n) is 32.1. The topological polar surface area (TPSA) is 184 Å². The van der Waals surface area contributed by atoms with Gasteiger partial charge in [0, 0.05) is 66.8 Å². The molecule has 0 radical (unpaired) electrons. The molecule has 6 aromatic heterocycles. The summed E-state index contributed by atoms with van der Waals surface area (Å²) in [6.45, 7) is 2.16. The van der Waals surface area contributed by atoms with Gasteiger partial charge in [-0.2, -0.15) is 0 Å². The van der Waals surface area contributed by atoms with Crippen molar-refractivity contribution in [1.82, 2.24) is 29.9 Å². The van der Waals surface area contributed by atoms with Crippen molar-refractivity contribution in [3.63, 3.8) is 0 Å². The Kier molecular flexibility index (Phi) is 12.9. The van der Waals surface area contributed by atoms with E-state index in [0.717, 1.165) is 87.4 Å². The molecule has 0 spiro atoms. The molecule has 0 aliphatic carbocycles. The molecule has 13 nitrogen and oxygen atoms in total. The van der Waals surface area contributed by atoms with Gasteiger partial charge in [0.05, 0.1) is 70.4 Å². The Labute approximate surface area is 346 Å². The summed E-state index contributed by atoms with van der Waals surface area (Å²) >= 11 is 3.42. The highest BCUT2D eigenvalue weighted by Gasteiger charge is 2.12. The Morgan fingerprint density at radius 3 is 1.42 bits per heavy atom. The first kappa shape index (κ1) is 40.2. The second-order valence-corrected chi connectivity index (χ2v) is 14.7. The van der Waals surface area contributed by atoms with Gasteiger partial charge >= 0.3 is 0 Å². The molecule has 59 heavy (non-hydrogen) atoms. The number of ether oxygens (including phenoxy) is 1. The van der Waals surface area contributed by atoms with Crippen LogP contribution in [0.2, 0.25) is 0 Å².